The van der Waals surface area contributed by atoms with E-state index < -0.39 is 0 Å². The molecule has 4 heterocycles. The van der Waals surface area contributed by atoms with Gasteiger partial charge in [-0.3, -0.25) is 0 Å². The maximum atomic E-state index is 6.69. The summed E-state index contributed by atoms with van der Waals surface area (Å²) in [5.74, 6) is 1.96. The van der Waals surface area contributed by atoms with Crippen LogP contribution >= 0.6 is 11.3 Å². The molecule has 0 atom stereocenters. The van der Waals surface area contributed by atoms with Crippen LogP contribution in [0.1, 0.15) is 0 Å². The Balaban J connectivity index is 0.959. The molecule has 57 heavy (non-hydrogen) atoms. The van der Waals surface area contributed by atoms with E-state index in [-0.39, 0.29) is 0 Å². The van der Waals surface area contributed by atoms with Gasteiger partial charge >= 0.3 is 0 Å². The van der Waals surface area contributed by atoms with Crippen molar-refractivity contribution in [1.29, 1.82) is 0 Å². The Bertz CT molecular complexity index is 3420. The molecule has 0 unspecified atom stereocenters. The molecule has 5 nitrogen and oxygen atoms in total. The Morgan fingerprint density at radius 3 is 1.70 bits per heavy atom. The fraction of sp³-hybridized carbons (Fsp3) is 0. The Kier molecular flexibility index (Phi) is 7.03. The van der Waals surface area contributed by atoms with Gasteiger partial charge in [0.2, 0.25) is 0 Å². The molecular weight excluding hydrogens is 717 g/mol. The summed E-state index contributed by atoms with van der Waals surface area (Å²) in [5.41, 5.74) is 10.3. The fourth-order valence-corrected chi connectivity index (χ4v) is 9.50. The normalized spacial score (nSPS) is 11.9. The highest BCUT2D eigenvalue weighted by Crippen LogP contribution is 2.42. The summed E-state index contributed by atoms with van der Waals surface area (Å²) in [6.07, 6.45) is 0. The van der Waals surface area contributed by atoms with E-state index in [1.165, 1.54) is 42.0 Å². The molecule has 0 aliphatic heterocycles. The van der Waals surface area contributed by atoms with Crippen LogP contribution in [0.25, 0.3) is 115 Å². The summed E-state index contributed by atoms with van der Waals surface area (Å²) in [7, 11) is 0. The number of thiophene rings is 1. The van der Waals surface area contributed by atoms with Crippen LogP contribution in [0.15, 0.2) is 186 Å². The zero-order valence-electron chi connectivity index (χ0n) is 30.4. The van der Waals surface area contributed by atoms with Crippen LogP contribution in [-0.2, 0) is 0 Å². The van der Waals surface area contributed by atoms with E-state index in [1.54, 1.807) is 11.3 Å². The summed E-state index contributed by atoms with van der Waals surface area (Å²) in [6, 6.07) is 63.8. The highest BCUT2D eigenvalue weighted by molar-refractivity contribution is 7.25. The topological polar surface area (TPSA) is 56.7 Å². The molecule has 0 bridgehead atoms. The number of hydrogen-bond acceptors (Lipinski definition) is 5. The quantitative estimate of drug-likeness (QED) is 0.176. The molecule has 0 saturated heterocycles. The first-order valence-electron chi connectivity index (χ1n) is 19.0. The third kappa shape index (κ3) is 5.12. The molecule has 0 amide bonds. The third-order valence-electron chi connectivity index (χ3n) is 11.1. The summed E-state index contributed by atoms with van der Waals surface area (Å²) in [4.78, 5) is 14.8. The average molecular weight is 747 g/mol. The van der Waals surface area contributed by atoms with Gasteiger partial charge in [-0.15, -0.1) is 11.3 Å². The van der Waals surface area contributed by atoms with E-state index >= 15 is 0 Å². The van der Waals surface area contributed by atoms with Gasteiger partial charge in [-0.2, -0.15) is 0 Å². The molecular formula is C51H30N4OS. The molecule has 0 aliphatic carbocycles. The van der Waals surface area contributed by atoms with E-state index in [4.69, 9.17) is 19.4 Å². The molecule has 0 N–H and O–H groups in total. The monoisotopic (exact) mass is 746 g/mol. The van der Waals surface area contributed by atoms with Crippen LogP contribution in [0.3, 0.4) is 0 Å². The predicted octanol–water partition coefficient (Wildman–Crippen LogP) is 13.9. The molecule has 4 aromatic heterocycles. The summed E-state index contributed by atoms with van der Waals surface area (Å²) in [6.45, 7) is 0. The maximum Gasteiger partial charge on any atom is 0.164 e. The van der Waals surface area contributed by atoms with Crippen molar-refractivity contribution in [3.8, 4) is 51.0 Å². The highest BCUT2D eigenvalue weighted by atomic mass is 32.1. The van der Waals surface area contributed by atoms with Crippen LogP contribution in [0.5, 0.6) is 0 Å². The standard InChI is InChI=1S/C51H30N4OS/c1-3-12-31(13-4-1)49-52-50(32-14-5-2-6-15-32)54-51(53-49)34-22-25-39-42-28-33(23-27-46(42)57-47(39)29-34)36-18-11-19-40-41-30-35(24-26-45(41)56-48(36)40)55-43-20-9-7-16-37(43)38-17-8-10-21-44(38)55/h1-30H. The van der Waals surface area contributed by atoms with Crippen molar-refractivity contribution in [2.45, 2.75) is 0 Å². The summed E-state index contributed by atoms with van der Waals surface area (Å²) >= 11 is 1.79. The van der Waals surface area contributed by atoms with Gasteiger partial charge in [-0.05, 0) is 54.1 Å². The van der Waals surface area contributed by atoms with Crippen LogP contribution < -0.4 is 0 Å². The average Bonchev–Trinajstić information content (AvgIpc) is 3.95. The van der Waals surface area contributed by atoms with Gasteiger partial charge < -0.3 is 8.98 Å². The summed E-state index contributed by atoms with van der Waals surface area (Å²) < 4.78 is 11.5. The Morgan fingerprint density at radius 1 is 0.386 bits per heavy atom. The van der Waals surface area contributed by atoms with Gasteiger partial charge in [0.05, 0.1) is 11.0 Å². The van der Waals surface area contributed by atoms with Crippen molar-refractivity contribution in [2.75, 3.05) is 0 Å². The molecule has 0 radical (unpaired) electrons. The second kappa shape index (κ2) is 12.6. The number of benzene rings is 8. The fourth-order valence-electron chi connectivity index (χ4n) is 8.38. The molecule has 8 aromatic carbocycles. The first-order valence-corrected chi connectivity index (χ1v) is 19.8. The number of nitrogens with zero attached hydrogens (tertiary/aromatic N) is 4. The SMILES string of the molecule is c1ccc(-c2nc(-c3ccccc3)nc(-c3ccc4c(c3)sc3ccc(-c5cccc6c5oc5ccc(-n7c8ccccc8c8ccccc87)cc56)cc34)n2)cc1. The number of rotatable bonds is 5. The van der Waals surface area contributed by atoms with E-state index in [0.717, 1.165) is 55.4 Å². The van der Waals surface area contributed by atoms with E-state index in [0.29, 0.717) is 17.5 Å². The molecule has 0 spiro atoms. The minimum absolute atomic E-state index is 0.653. The Morgan fingerprint density at radius 2 is 1.00 bits per heavy atom. The largest absolute Gasteiger partial charge is 0.455 e. The number of furan rings is 1. The van der Waals surface area contributed by atoms with Gasteiger partial charge in [0.15, 0.2) is 17.5 Å². The van der Waals surface area contributed by atoms with Crippen LogP contribution in [-0.4, -0.2) is 19.5 Å². The van der Waals surface area contributed by atoms with Crippen molar-refractivity contribution in [1.82, 2.24) is 19.5 Å². The van der Waals surface area contributed by atoms with Crippen molar-refractivity contribution < 1.29 is 4.42 Å². The van der Waals surface area contributed by atoms with Gasteiger partial charge in [0.1, 0.15) is 11.2 Å². The van der Waals surface area contributed by atoms with Gasteiger partial charge in [0, 0.05) is 69.7 Å². The van der Waals surface area contributed by atoms with E-state index in [2.05, 4.69) is 126 Å². The minimum atomic E-state index is 0.653. The molecule has 6 heteroatoms. The maximum absolute atomic E-state index is 6.69. The number of hydrogen-bond donors (Lipinski definition) is 0. The zero-order valence-corrected chi connectivity index (χ0v) is 31.2. The predicted molar refractivity (Wildman–Crippen MR) is 236 cm³/mol. The number of fused-ring (bicyclic) bond motifs is 9. The second-order valence-corrected chi connectivity index (χ2v) is 15.5. The first kappa shape index (κ1) is 31.9. The molecule has 0 fully saturated rings. The molecule has 0 saturated carbocycles. The molecule has 0 aliphatic rings. The van der Waals surface area contributed by atoms with Gasteiger partial charge in [-0.1, -0.05) is 133 Å². The molecule has 12 rings (SSSR count). The third-order valence-corrected chi connectivity index (χ3v) is 12.2. The van der Waals surface area contributed by atoms with Gasteiger partial charge in [-0.25, -0.2) is 15.0 Å². The van der Waals surface area contributed by atoms with Crippen molar-refractivity contribution in [3.05, 3.63) is 182 Å². The lowest BCUT2D eigenvalue weighted by Crippen LogP contribution is -1.99. The second-order valence-electron chi connectivity index (χ2n) is 14.4. The lowest BCUT2D eigenvalue weighted by atomic mass is 10.00. The van der Waals surface area contributed by atoms with E-state index in [9.17, 15) is 0 Å². The number of para-hydroxylation sites is 3. The highest BCUT2D eigenvalue weighted by Gasteiger charge is 2.18. The molecule has 12 aromatic rings. The van der Waals surface area contributed by atoms with Gasteiger partial charge in [0.25, 0.3) is 0 Å². The summed E-state index contributed by atoms with van der Waals surface area (Å²) in [5, 5.41) is 7.12. The number of aromatic nitrogens is 4. The minimum Gasteiger partial charge on any atom is -0.455 e. The van der Waals surface area contributed by atoms with E-state index in [1.807, 2.05) is 60.7 Å². The smallest absolute Gasteiger partial charge is 0.164 e. The van der Waals surface area contributed by atoms with Crippen LogP contribution in [0, 0.1) is 0 Å². The lowest BCUT2D eigenvalue weighted by Gasteiger charge is -2.08. The zero-order chi connectivity index (χ0) is 37.5. The van der Waals surface area contributed by atoms with Crippen LogP contribution in [0.4, 0.5) is 0 Å². The Labute approximate surface area is 330 Å². The first-order chi connectivity index (χ1) is 28.2. The van der Waals surface area contributed by atoms with Crippen molar-refractivity contribution >= 4 is 75.3 Å². The Hall–Kier alpha value is -7.41. The van der Waals surface area contributed by atoms with Crippen molar-refractivity contribution in [3.63, 3.8) is 0 Å². The van der Waals surface area contributed by atoms with Crippen LogP contribution in [0.2, 0.25) is 0 Å². The van der Waals surface area contributed by atoms with Crippen molar-refractivity contribution in [2.24, 2.45) is 0 Å². The molecule has 266 valence electrons. The lowest BCUT2D eigenvalue weighted by molar-refractivity contribution is 0.670.